The molecule has 0 spiro atoms. The lowest BCUT2D eigenvalue weighted by Gasteiger charge is -1.97. The molecule has 0 aliphatic heterocycles. The first-order valence-electron chi connectivity index (χ1n) is 5.50. The molecular formula is C13H10ClN3O. The Labute approximate surface area is 108 Å². The molecule has 0 aliphatic rings. The monoisotopic (exact) mass is 259 g/mol. The van der Waals surface area contributed by atoms with Gasteiger partial charge in [0.2, 0.25) is 0 Å². The summed E-state index contributed by atoms with van der Waals surface area (Å²) in [6, 6.07) is 11.6. The van der Waals surface area contributed by atoms with E-state index in [1.165, 1.54) is 4.52 Å². The maximum absolute atomic E-state index is 12.0. The number of benzene rings is 1. The molecule has 1 N–H and O–H groups in total. The molecule has 2 heterocycles. The molecule has 3 rings (SSSR count). The van der Waals surface area contributed by atoms with E-state index in [-0.39, 0.29) is 10.6 Å². The number of aromatic amines is 1. The first kappa shape index (κ1) is 11.0. The summed E-state index contributed by atoms with van der Waals surface area (Å²) in [5.41, 5.74) is 2.67. The van der Waals surface area contributed by atoms with Gasteiger partial charge in [-0.2, -0.15) is 4.52 Å². The maximum atomic E-state index is 12.0. The second-order valence-corrected chi connectivity index (χ2v) is 4.42. The highest BCUT2D eigenvalue weighted by Crippen LogP contribution is 2.18. The summed E-state index contributed by atoms with van der Waals surface area (Å²) >= 11 is 5.90. The zero-order valence-electron chi connectivity index (χ0n) is 9.64. The van der Waals surface area contributed by atoms with Crippen LogP contribution in [0.4, 0.5) is 0 Å². The molecule has 0 saturated carbocycles. The molecular weight excluding hydrogens is 250 g/mol. The number of hydrogen-bond donors (Lipinski definition) is 1. The summed E-state index contributed by atoms with van der Waals surface area (Å²) in [6.07, 6.45) is 0. The lowest BCUT2D eigenvalue weighted by atomic mass is 10.2. The second kappa shape index (κ2) is 3.99. The van der Waals surface area contributed by atoms with Crippen LogP contribution in [0.15, 0.2) is 41.2 Å². The Hall–Kier alpha value is -2.07. The Morgan fingerprint density at radius 3 is 2.72 bits per heavy atom. The smallest absolute Gasteiger partial charge is 0.289 e. The van der Waals surface area contributed by atoms with Crippen LogP contribution in [0.25, 0.3) is 16.9 Å². The van der Waals surface area contributed by atoms with Crippen LogP contribution in [0.5, 0.6) is 0 Å². The fourth-order valence-corrected chi connectivity index (χ4v) is 2.01. The van der Waals surface area contributed by atoms with Crippen molar-refractivity contribution in [2.45, 2.75) is 6.92 Å². The van der Waals surface area contributed by atoms with Gasteiger partial charge in [0.1, 0.15) is 5.02 Å². The molecule has 90 valence electrons. The highest BCUT2D eigenvalue weighted by molar-refractivity contribution is 6.31. The van der Waals surface area contributed by atoms with Crippen molar-refractivity contribution >= 4 is 17.2 Å². The lowest BCUT2D eigenvalue weighted by molar-refractivity contribution is 0.893. The number of fused-ring (bicyclic) bond motifs is 1. The van der Waals surface area contributed by atoms with Crippen LogP contribution < -0.4 is 5.56 Å². The van der Waals surface area contributed by atoms with Crippen LogP contribution in [-0.2, 0) is 0 Å². The van der Waals surface area contributed by atoms with Crippen molar-refractivity contribution in [1.82, 2.24) is 14.6 Å². The number of halogens is 1. The molecule has 0 unspecified atom stereocenters. The zero-order chi connectivity index (χ0) is 12.7. The summed E-state index contributed by atoms with van der Waals surface area (Å²) in [5, 5.41) is 3.15. The van der Waals surface area contributed by atoms with E-state index < -0.39 is 0 Å². The van der Waals surface area contributed by atoms with Crippen LogP contribution in [0.1, 0.15) is 5.69 Å². The zero-order valence-corrected chi connectivity index (χ0v) is 10.4. The molecule has 0 atom stereocenters. The Balaban J connectivity index is 2.30. The van der Waals surface area contributed by atoms with Crippen molar-refractivity contribution in [2.24, 2.45) is 0 Å². The minimum absolute atomic E-state index is 0.147. The molecule has 0 bridgehead atoms. The van der Waals surface area contributed by atoms with Crippen LogP contribution in [0, 0.1) is 6.92 Å². The molecule has 5 heteroatoms. The van der Waals surface area contributed by atoms with Crippen molar-refractivity contribution in [3.63, 3.8) is 0 Å². The van der Waals surface area contributed by atoms with Crippen molar-refractivity contribution in [2.75, 3.05) is 0 Å². The van der Waals surface area contributed by atoms with E-state index in [1.807, 2.05) is 36.4 Å². The number of aryl methyl sites for hydroxylation is 1. The average molecular weight is 260 g/mol. The van der Waals surface area contributed by atoms with Crippen LogP contribution in [0.2, 0.25) is 5.02 Å². The van der Waals surface area contributed by atoms with Crippen LogP contribution in [-0.4, -0.2) is 14.6 Å². The van der Waals surface area contributed by atoms with Gasteiger partial charge in [-0.1, -0.05) is 41.9 Å². The van der Waals surface area contributed by atoms with E-state index in [9.17, 15) is 4.79 Å². The van der Waals surface area contributed by atoms with E-state index >= 15 is 0 Å². The summed E-state index contributed by atoms with van der Waals surface area (Å²) in [6.45, 7) is 1.72. The summed E-state index contributed by atoms with van der Waals surface area (Å²) in [5.74, 6) is 0. The molecule has 2 aromatic heterocycles. The summed E-state index contributed by atoms with van der Waals surface area (Å²) in [4.78, 5) is 16.2. The van der Waals surface area contributed by atoms with Gasteiger partial charge >= 0.3 is 0 Å². The Bertz CT molecular complexity index is 774. The van der Waals surface area contributed by atoms with Crippen molar-refractivity contribution < 1.29 is 0 Å². The van der Waals surface area contributed by atoms with E-state index in [4.69, 9.17) is 11.6 Å². The van der Waals surface area contributed by atoms with Gasteiger partial charge in [0.15, 0.2) is 5.65 Å². The standard InChI is InChI=1S/C13H10ClN3O/c1-8-12(14)13(18)17-11(15-8)7-10(16-17)9-5-3-2-4-6-9/h2-7,16H,1H3. The summed E-state index contributed by atoms with van der Waals surface area (Å²) in [7, 11) is 0. The van der Waals surface area contributed by atoms with Gasteiger partial charge in [-0.3, -0.25) is 9.89 Å². The SMILES string of the molecule is Cc1nc2cc(-c3ccccc3)[nH]n2c(=O)c1Cl. The van der Waals surface area contributed by atoms with Crippen LogP contribution >= 0.6 is 11.6 Å². The predicted molar refractivity (Wildman–Crippen MR) is 71.0 cm³/mol. The Morgan fingerprint density at radius 2 is 2.00 bits per heavy atom. The van der Waals surface area contributed by atoms with E-state index in [0.717, 1.165) is 11.3 Å². The van der Waals surface area contributed by atoms with E-state index in [2.05, 4.69) is 10.1 Å². The minimum Gasteiger partial charge on any atom is -0.289 e. The van der Waals surface area contributed by atoms with Crippen LogP contribution in [0.3, 0.4) is 0 Å². The maximum Gasteiger partial charge on any atom is 0.291 e. The normalized spacial score (nSPS) is 11.0. The molecule has 3 aromatic rings. The molecule has 0 aliphatic carbocycles. The largest absolute Gasteiger partial charge is 0.291 e. The average Bonchev–Trinajstić information content (AvgIpc) is 2.81. The van der Waals surface area contributed by atoms with E-state index in [0.29, 0.717) is 11.3 Å². The lowest BCUT2D eigenvalue weighted by Crippen LogP contribution is -2.16. The van der Waals surface area contributed by atoms with Gasteiger partial charge < -0.3 is 0 Å². The molecule has 0 radical (unpaired) electrons. The fourth-order valence-electron chi connectivity index (χ4n) is 1.88. The molecule has 18 heavy (non-hydrogen) atoms. The molecule has 0 saturated heterocycles. The first-order valence-corrected chi connectivity index (χ1v) is 5.88. The highest BCUT2D eigenvalue weighted by Gasteiger charge is 2.10. The van der Waals surface area contributed by atoms with Gasteiger partial charge in [0.25, 0.3) is 5.56 Å². The van der Waals surface area contributed by atoms with Crippen molar-refractivity contribution in [3.8, 4) is 11.3 Å². The first-order chi connectivity index (χ1) is 8.66. The number of nitrogens with one attached hydrogen (secondary N) is 1. The third-order valence-electron chi connectivity index (χ3n) is 2.81. The number of rotatable bonds is 1. The molecule has 1 aromatic carbocycles. The number of hydrogen-bond acceptors (Lipinski definition) is 2. The van der Waals surface area contributed by atoms with Gasteiger partial charge in [0.05, 0.1) is 11.4 Å². The predicted octanol–water partition coefficient (Wildman–Crippen LogP) is 2.65. The van der Waals surface area contributed by atoms with Gasteiger partial charge in [0, 0.05) is 6.07 Å². The van der Waals surface area contributed by atoms with Crippen molar-refractivity contribution in [3.05, 3.63) is 57.5 Å². The highest BCUT2D eigenvalue weighted by atomic mass is 35.5. The number of H-pyrrole nitrogens is 1. The molecule has 0 fully saturated rings. The van der Waals surface area contributed by atoms with Crippen molar-refractivity contribution in [1.29, 1.82) is 0 Å². The summed E-state index contributed by atoms with van der Waals surface area (Å²) < 4.78 is 1.36. The number of nitrogens with zero attached hydrogens (tertiary/aromatic N) is 2. The second-order valence-electron chi connectivity index (χ2n) is 4.05. The molecule has 0 amide bonds. The Kier molecular flexibility index (Phi) is 2.45. The van der Waals surface area contributed by atoms with Gasteiger partial charge in [-0.25, -0.2) is 4.98 Å². The van der Waals surface area contributed by atoms with Gasteiger partial charge in [-0.05, 0) is 12.5 Å². The molecule has 4 nitrogen and oxygen atoms in total. The van der Waals surface area contributed by atoms with Gasteiger partial charge in [-0.15, -0.1) is 0 Å². The third-order valence-corrected chi connectivity index (χ3v) is 3.25. The number of aromatic nitrogens is 3. The third kappa shape index (κ3) is 1.62. The Morgan fingerprint density at radius 1 is 1.28 bits per heavy atom. The van der Waals surface area contributed by atoms with E-state index in [1.54, 1.807) is 6.92 Å². The topological polar surface area (TPSA) is 50.2 Å². The quantitative estimate of drug-likeness (QED) is 0.730. The minimum atomic E-state index is -0.277. The fraction of sp³-hybridized carbons (Fsp3) is 0.0769.